The summed E-state index contributed by atoms with van der Waals surface area (Å²) in [6.45, 7) is 4.77. The van der Waals surface area contributed by atoms with Crippen LogP contribution in [0.4, 0.5) is 4.79 Å². The van der Waals surface area contributed by atoms with Crippen LogP contribution in [0.5, 0.6) is 0 Å². The zero-order chi connectivity index (χ0) is 20.1. The Morgan fingerprint density at radius 1 is 1.22 bits per heavy atom. The molecule has 0 unspecified atom stereocenters. The molecule has 4 amide bonds. The number of imide groups is 1. The average molecular weight is 373 g/mol. The maximum absolute atomic E-state index is 12.5. The molecule has 1 aromatic carbocycles. The molecule has 3 N–H and O–H groups in total. The molecule has 0 saturated carbocycles. The predicted molar refractivity (Wildman–Crippen MR) is 97.8 cm³/mol. The van der Waals surface area contributed by atoms with Gasteiger partial charge >= 0.3 is 12.0 Å². The second kappa shape index (κ2) is 8.48. The average Bonchev–Trinajstić information content (AvgIpc) is 2.58. The Balaban J connectivity index is 2.18. The predicted octanol–water partition coefficient (Wildman–Crippen LogP) is 1.71. The molecule has 0 aromatic heterocycles. The first kappa shape index (κ1) is 20.2. The number of hydrogen-bond donors (Lipinski definition) is 2. The summed E-state index contributed by atoms with van der Waals surface area (Å²) >= 11 is 0. The minimum Gasteiger partial charge on any atom is -0.452 e. The molecule has 0 bridgehead atoms. The summed E-state index contributed by atoms with van der Waals surface area (Å²) in [5.41, 5.74) is 6.67. The number of nitrogens with zero attached hydrogens (tertiary/aromatic N) is 1. The lowest BCUT2D eigenvalue weighted by Crippen LogP contribution is -2.46. The molecule has 0 saturated heterocycles. The highest BCUT2D eigenvalue weighted by atomic mass is 16.5. The van der Waals surface area contributed by atoms with Crippen molar-refractivity contribution in [2.24, 2.45) is 11.7 Å². The summed E-state index contributed by atoms with van der Waals surface area (Å²) in [5.74, 6) is -2.02. The third-order valence-electron chi connectivity index (χ3n) is 4.20. The quantitative estimate of drug-likeness (QED) is 0.762. The van der Waals surface area contributed by atoms with Crippen LogP contribution in [0.25, 0.3) is 6.08 Å². The molecule has 8 nitrogen and oxygen atoms in total. The Hall–Kier alpha value is -3.16. The number of nitrogens with one attached hydrogen (secondary N) is 1. The van der Waals surface area contributed by atoms with Gasteiger partial charge in [-0.05, 0) is 23.1 Å². The Morgan fingerprint density at radius 2 is 1.89 bits per heavy atom. The van der Waals surface area contributed by atoms with Gasteiger partial charge < -0.3 is 15.4 Å². The number of primary amides is 1. The summed E-state index contributed by atoms with van der Waals surface area (Å²) in [6.07, 6.45) is 2.14. The number of benzene rings is 1. The van der Waals surface area contributed by atoms with Crippen molar-refractivity contribution in [1.29, 1.82) is 0 Å². The van der Waals surface area contributed by atoms with Crippen molar-refractivity contribution >= 4 is 29.9 Å². The van der Waals surface area contributed by atoms with Crippen LogP contribution >= 0.6 is 0 Å². The van der Waals surface area contributed by atoms with Crippen molar-refractivity contribution in [3.63, 3.8) is 0 Å². The van der Waals surface area contributed by atoms with E-state index in [9.17, 15) is 19.2 Å². The summed E-state index contributed by atoms with van der Waals surface area (Å²) in [5, 5.41) is 1.92. The highest BCUT2D eigenvalue weighted by Crippen LogP contribution is 2.33. The topological polar surface area (TPSA) is 119 Å². The van der Waals surface area contributed by atoms with Crippen molar-refractivity contribution < 1.29 is 23.9 Å². The summed E-state index contributed by atoms with van der Waals surface area (Å²) in [7, 11) is 0. The highest BCUT2D eigenvalue weighted by Gasteiger charge is 2.32. The zero-order valence-corrected chi connectivity index (χ0v) is 15.5. The maximum atomic E-state index is 12.5. The lowest BCUT2D eigenvalue weighted by molar-refractivity contribution is -0.159. The third-order valence-corrected chi connectivity index (χ3v) is 4.20. The molecule has 0 fully saturated rings. The molecule has 0 aliphatic carbocycles. The lowest BCUT2D eigenvalue weighted by atomic mass is 9.94. The molecule has 144 valence electrons. The van der Waals surface area contributed by atoms with E-state index in [1.807, 2.05) is 29.6 Å². The summed E-state index contributed by atoms with van der Waals surface area (Å²) < 4.78 is 5.30. The number of ether oxygens (including phenoxy) is 1. The molecule has 2 atom stereocenters. The van der Waals surface area contributed by atoms with Crippen LogP contribution in [0.1, 0.15) is 44.4 Å². The second-order valence-electron chi connectivity index (χ2n) is 6.60. The molecule has 2 rings (SSSR count). The first-order valence-corrected chi connectivity index (χ1v) is 8.56. The standard InChI is InChI=1S/C19H23N3O5/c1-11(2)17(18(25)21-19(20)26)27-16(24)10-15-14-7-5-4-6-13(14)8-9-22(15)12(3)23/h4-9,11,15,17H,10H2,1-3H3,(H3,20,21,25,26)/t15-,17+/m1/s1. The van der Waals surface area contributed by atoms with E-state index in [4.69, 9.17) is 10.5 Å². The van der Waals surface area contributed by atoms with Crippen LogP contribution < -0.4 is 11.1 Å². The molecule has 1 aliphatic rings. The molecule has 27 heavy (non-hydrogen) atoms. The third kappa shape index (κ3) is 4.93. The minimum atomic E-state index is -1.16. The summed E-state index contributed by atoms with van der Waals surface area (Å²) in [4.78, 5) is 48.9. The minimum absolute atomic E-state index is 0.131. The number of urea groups is 1. The molecule has 0 spiro atoms. The number of esters is 1. The Labute approximate surface area is 157 Å². The highest BCUT2D eigenvalue weighted by molar-refractivity contribution is 5.96. The maximum Gasteiger partial charge on any atom is 0.318 e. The number of rotatable bonds is 5. The van der Waals surface area contributed by atoms with E-state index in [1.165, 1.54) is 11.8 Å². The van der Waals surface area contributed by atoms with Crippen LogP contribution in [0, 0.1) is 5.92 Å². The Kier molecular flexibility index (Phi) is 6.33. The Morgan fingerprint density at radius 3 is 2.48 bits per heavy atom. The van der Waals surface area contributed by atoms with E-state index in [1.54, 1.807) is 26.1 Å². The fourth-order valence-corrected chi connectivity index (χ4v) is 2.95. The molecular weight excluding hydrogens is 350 g/mol. The molecule has 1 aliphatic heterocycles. The van der Waals surface area contributed by atoms with Gasteiger partial charge in [0.25, 0.3) is 5.91 Å². The van der Waals surface area contributed by atoms with Crippen molar-refractivity contribution in [2.75, 3.05) is 0 Å². The van der Waals surface area contributed by atoms with Gasteiger partial charge in [-0.1, -0.05) is 38.1 Å². The van der Waals surface area contributed by atoms with Crippen molar-refractivity contribution in [3.8, 4) is 0 Å². The van der Waals surface area contributed by atoms with Gasteiger partial charge in [-0.3, -0.25) is 19.7 Å². The van der Waals surface area contributed by atoms with Crippen LogP contribution in [-0.4, -0.2) is 34.8 Å². The molecular formula is C19H23N3O5. The van der Waals surface area contributed by atoms with Gasteiger partial charge in [-0.15, -0.1) is 0 Å². The number of hydrogen-bond acceptors (Lipinski definition) is 5. The van der Waals surface area contributed by atoms with Crippen LogP contribution in [0.3, 0.4) is 0 Å². The van der Waals surface area contributed by atoms with E-state index in [0.717, 1.165) is 11.1 Å². The Bertz CT molecular complexity index is 787. The van der Waals surface area contributed by atoms with E-state index >= 15 is 0 Å². The molecule has 1 aromatic rings. The van der Waals surface area contributed by atoms with Crippen molar-refractivity contribution in [2.45, 2.75) is 39.3 Å². The number of carbonyl (C=O) groups excluding carboxylic acids is 4. The fraction of sp³-hybridized carbons (Fsp3) is 0.368. The lowest BCUT2D eigenvalue weighted by Gasteiger charge is -2.32. The molecule has 8 heteroatoms. The van der Waals surface area contributed by atoms with Gasteiger partial charge in [0, 0.05) is 13.1 Å². The van der Waals surface area contributed by atoms with Crippen molar-refractivity contribution in [3.05, 3.63) is 41.6 Å². The van der Waals surface area contributed by atoms with Crippen LogP contribution in [0.2, 0.25) is 0 Å². The number of amides is 4. The first-order chi connectivity index (χ1) is 12.7. The van der Waals surface area contributed by atoms with Gasteiger partial charge in [0.2, 0.25) is 5.91 Å². The van der Waals surface area contributed by atoms with Gasteiger partial charge in [0.05, 0.1) is 12.5 Å². The van der Waals surface area contributed by atoms with E-state index in [2.05, 4.69) is 0 Å². The first-order valence-electron chi connectivity index (χ1n) is 8.56. The van der Waals surface area contributed by atoms with Gasteiger partial charge in [0.15, 0.2) is 6.10 Å². The van der Waals surface area contributed by atoms with Crippen LogP contribution in [-0.2, 0) is 19.1 Å². The monoisotopic (exact) mass is 373 g/mol. The molecule has 1 heterocycles. The van der Waals surface area contributed by atoms with E-state index in [-0.39, 0.29) is 18.2 Å². The van der Waals surface area contributed by atoms with Crippen molar-refractivity contribution in [1.82, 2.24) is 10.2 Å². The summed E-state index contributed by atoms with van der Waals surface area (Å²) in [6, 6.07) is 5.86. The molecule has 0 radical (unpaired) electrons. The second-order valence-corrected chi connectivity index (χ2v) is 6.60. The zero-order valence-electron chi connectivity index (χ0n) is 15.5. The van der Waals surface area contributed by atoms with Gasteiger partial charge in [-0.25, -0.2) is 4.79 Å². The number of carbonyl (C=O) groups is 4. The largest absolute Gasteiger partial charge is 0.452 e. The van der Waals surface area contributed by atoms with Gasteiger partial charge in [-0.2, -0.15) is 0 Å². The number of nitrogens with two attached hydrogens (primary N) is 1. The normalized spacial score (nSPS) is 16.4. The fourth-order valence-electron chi connectivity index (χ4n) is 2.95. The SMILES string of the molecule is CC(=O)N1C=Cc2ccccc2[C@H]1CC(=O)O[C@H](C(=O)NC(N)=O)C(C)C. The number of fused-ring (bicyclic) bond motifs is 1. The van der Waals surface area contributed by atoms with E-state index in [0.29, 0.717) is 0 Å². The smallest absolute Gasteiger partial charge is 0.318 e. The van der Waals surface area contributed by atoms with Crippen LogP contribution in [0.15, 0.2) is 30.5 Å². The van der Waals surface area contributed by atoms with E-state index < -0.39 is 30.1 Å². The van der Waals surface area contributed by atoms with Gasteiger partial charge in [0.1, 0.15) is 0 Å².